The van der Waals surface area contributed by atoms with Crippen molar-refractivity contribution in [2.75, 3.05) is 0 Å². The first-order valence-corrected chi connectivity index (χ1v) is 29.1. The summed E-state index contributed by atoms with van der Waals surface area (Å²) in [5.41, 5.74) is 18.7. The van der Waals surface area contributed by atoms with Crippen molar-refractivity contribution >= 4 is 43.6 Å². The molecule has 0 amide bonds. The maximum Gasteiger partial charge on any atom is 0.166 e. The van der Waals surface area contributed by atoms with Crippen LogP contribution in [-0.4, -0.2) is 24.1 Å². The zero-order valence-electron chi connectivity index (χ0n) is 47.9. The molecule has 12 aromatic carbocycles. The third-order valence-corrected chi connectivity index (χ3v) is 16.7. The average molecular weight is 1150 g/mol. The van der Waals surface area contributed by atoms with Gasteiger partial charge in [-0.1, -0.05) is 152 Å². The highest BCUT2D eigenvalue weighted by molar-refractivity contribution is 6.14. The Morgan fingerprint density at radius 3 is 0.944 bits per heavy atom. The van der Waals surface area contributed by atoms with E-state index in [0.29, 0.717) is 62.1 Å². The molecule has 0 aliphatic rings. The molecule has 3 aromatic heterocycles. The van der Waals surface area contributed by atoms with Crippen LogP contribution in [0.15, 0.2) is 267 Å². The summed E-state index contributed by atoms with van der Waals surface area (Å²) in [5, 5.41) is 55.3. The second-order valence-corrected chi connectivity index (χ2v) is 22.0. The lowest BCUT2D eigenvalue weighted by Gasteiger charge is -2.18. The molecule has 0 aliphatic heterocycles. The maximum absolute atomic E-state index is 11.8. The molecular weight excluding hydrogens is 1100 g/mol. The summed E-state index contributed by atoms with van der Waals surface area (Å²) in [6.07, 6.45) is 0. The van der Waals surface area contributed by atoms with Crippen molar-refractivity contribution < 1.29 is 0 Å². The van der Waals surface area contributed by atoms with Crippen molar-refractivity contribution in [2.24, 2.45) is 0 Å². The molecule has 15 rings (SSSR count). The molecule has 0 radical (unpaired) electrons. The summed E-state index contributed by atoms with van der Waals surface area (Å²) in [7, 11) is 0. The van der Waals surface area contributed by atoms with Gasteiger partial charge in [-0.2, -0.15) is 26.3 Å². The van der Waals surface area contributed by atoms with Crippen molar-refractivity contribution in [1.29, 1.82) is 26.3 Å². The molecular formula is C80H44N10. The highest BCUT2D eigenvalue weighted by Crippen LogP contribution is 2.44. The standard InChI is InChI=1S/C80H44N10/c81-45-50-12-7-20-56(36-50)60-27-32-73-67(40-60)68-41-61(57-21-8-13-51(37-57)46-82)28-33-74(68)89(73)72-25-11-24-65(71(72)49-85)64-26-31-66(80-87-78(54-16-3-1-4-17-54)86-79(88-80)55-18-5-2-6-19-55)77(44-64)90-75-34-29-62(58-22-9-14-52(38-58)47-83)42-69(75)70-43-63(30-35-76(70)90)59-23-10-15-53(39-59)48-84/h1-44H. The van der Waals surface area contributed by atoms with Crippen molar-refractivity contribution in [3.05, 3.63) is 295 Å². The third kappa shape index (κ3) is 9.41. The predicted octanol–water partition coefficient (Wildman–Crippen LogP) is 18.8. The van der Waals surface area contributed by atoms with Gasteiger partial charge in [0.15, 0.2) is 17.5 Å². The van der Waals surface area contributed by atoms with Gasteiger partial charge >= 0.3 is 0 Å². The molecule has 0 spiro atoms. The van der Waals surface area contributed by atoms with Crippen molar-refractivity contribution in [3.63, 3.8) is 0 Å². The summed E-state index contributed by atoms with van der Waals surface area (Å²) in [5.74, 6) is 1.44. The van der Waals surface area contributed by atoms with Gasteiger partial charge in [-0.25, -0.2) is 15.0 Å². The van der Waals surface area contributed by atoms with Crippen LogP contribution in [0, 0.1) is 56.7 Å². The van der Waals surface area contributed by atoms with E-state index in [2.05, 4.69) is 118 Å². The third-order valence-electron chi connectivity index (χ3n) is 16.7. The lowest BCUT2D eigenvalue weighted by atomic mass is 9.96. The molecule has 15 aromatic rings. The van der Waals surface area contributed by atoms with Crippen molar-refractivity contribution in [2.45, 2.75) is 0 Å². The first-order valence-electron chi connectivity index (χ1n) is 29.1. The van der Waals surface area contributed by atoms with Crippen LogP contribution in [0.3, 0.4) is 0 Å². The molecule has 0 fully saturated rings. The summed E-state index contributed by atoms with van der Waals surface area (Å²) >= 11 is 0. The number of aromatic nitrogens is 5. The van der Waals surface area contributed by atoms with Gasteiger partial charge in [-0.05, 0) is 165 Å². The summed E-state index contributed by atoms with van der Waals surface area (Å²) in [6, 6.07) is 99.6. The Morgan fingerprint density at radius 2 is 0.567 bits per heavy atom. The maximum atomic E-state index is 11.8. The number of nitriles is 5. The van der Waals surface area contributed by atoms with Gasteiger partial charge in [0.25, 0.3) is 0 Å². The molecule has 0 N–H and O–H groups in total. The van der Waals surface area contributed by atoms with E-state index in [4.69, 9.17) is 15.0 Å². The van der Waals surface area contributed by atoms with Crippen LogP contribution in [0.1, 0.15) is 27.8 Å². The fourth-order valence-electron chi connectivity index (χ4n) is 12.4. The Morgan fingerprint density at radius 1 is 0.233 bits per heavy atom. The molecule has 414 valence electrons. The summed E-state index contributed by atoms with van der Waals surface area (Å²) in [6.45, 7) is 0. The smallest absolute Gasteiger partial charge is 0.166 e. The van der Waals surface area contributed by atoms with Crippen LogP contribution in [0.4, 0.5) is 0 Å². The van der Waals surface area contributed by atoms with E-state index in [1.807, 2.05) is 164 Å². The predicted molar refractivity (Wildman–Crippen MR) is 356 cm³/mol. The highest BCUT2D eigenvalue weighted by atomic mass is 15.1. The van der Waals surface area contributed by atoms with Crippen molar-refractivity contribution in [1.82, 2.24) is 24.1 Å². The van der Waals surface area contributed by atoms with Crippen LogP contribution in [0.25, 0.3) is 145 Å². The average Bonchev–Trinajstić information content (AvgIpc) is 1.61. The molecule has 0 atom stereocenters. The van der Waals surface area contributed by atoms with Crippen LogP contribution >= 0.6 is 0 Å². The van der Waals surface area contributed by atoms with Crippen LogP contribution in [0.2, 0.25) is 0 Å². The van der Waals surface area contributed by atoms with E-state index in [1.165, 1.54) is 0 Å². The fourth-order valence-corrected chi connectivity index (χ4v) is 12.4. The largest absolute Gasteiger partial charge is 0.308 e. The first-order chi connectivity index (χ1) is 44.3. The number of rotatable bonds is 10. The zero-order valence-corrected chi connectivity index (χ0v) is 47.9. The molecule has 0 bridgehead atoms. The Hall–Kier alpha value is -13.3. The lowest BCUT2D eigenvalue weighted by Crippen LogP contribution is -2.04. The Kier molecular flexibility index (Phi) is 13.2. The number of hydrogen-bond donors (Lipinski definition) is 0. The number of nitrogens with zero attached hydrogens (tertiary/aromatic N) is 10. The van der Waals surface area contributed by atoms with E-state index < -0.39 is 0 Å². The molecule has 0 saturated heterocycles. The number of benzene rings is 12. The lowest BCUT2D eigenvalue weighted by molar-refractivity contribution is 1.06. The van der Waals surface area contributed by atoms with Gasteiger partial charge in [0.1, 0.15) is 6.07 Å². The van der Waals surface area contributed by atoms with Gasteiger partial charge in [0.2, 0.25) is 0 Å². The zero-order chi connectivity index (χ0) is 60.8. The SMILES string of the molecule is N#Cc1cccc(-c2ccc3c(c2)c2cc(-c4cccc(C#N)c4)ccc2n3-c2cc(-c3cccc(-n4c5ccc(-c6cccc(C#N)c6)cc5c5cc(-c6cccc(C#N)c6)ccc54)c3C#N)ccc2-c2nc(-c3ccccc3)nc(-c3ccccc3)n2)c1. The number of fused-ring (bicyclic) bond motifs is 6. The van der Waals surface area contributed by atoms with Gasteiger partial charge in [0, 0.05) is 43.8 Å². The van der Waals surface area contributed by atoms with Crippen LogP contribution in [-0.2, 0) is 0 Å². The monoisotopic (exact) mass is 1140 g/mol. The molecule has 90 heavy (non-hydrogen) atoms. The highest BCUT2D eigenvalue weighted by Gasteiger charge is 2.25. The minimum atomic E-state index is 0.436. The fraction of sp³-hybridized carbons (Fsp3) is 0. The van der Waals surface area contributed by atoms with E-state index in [1.54, 1.807) is 24.3 Å². The van der Waals surface area contributed by atoms with E-state index in [-0.39, 0.29) is 0 Å². The molecule has 10 nitrogen and oxygen atoms in total. The topological polar surface area (TPSA) is 167 Å². The van der Waals surface area contributed by atoms with Crippen LogP contribution < -0.4 is 0 Å². The first kappa shape index (κ1) is 53.4. The van der Waals surface area contributed by atoms with E-state index in [9.17, 15) is 26.3 Å². The quantitative estimate of drug-likeness (QED) is 0.130. The van der Waals surface area contributed by atoms with E-state index in [0.717, 1.165) is 110 Å². The molecule has 10 heteroatoms. The Balaban J connectivity index is 0.992. The van der Waals surface area contributed by atoms with Crippen LogP contribution in [0.5, 0.6) is 0 Å². The molecule has 0 saturated carbocycles. The minimum Gasteiger partial charge on any atom is -0.308 e. The molecule has 0 aliphatic carbocycles. The molecule has 3 heterocycles. The minimum absolute atomic E-state index is 0.436. The summed E-state index contributed by atoms with van der Waals surface area (Å²) < 4.78 is 4.41. The number of hydrogen-bond acceptors (Lipinski definition) is 8. The van der Waals surface area contributed by atoms with Gasteiger partial charge in [0.05, 0.1) is 85.5 Å². The molecule has 0 unspecified atom stereocenters. The second-order valence-electron chi connectivity index (χ2n) is 22.0. The van der Waals surface area contributed by atoms with E-state index >= 15 is 0 Å². The van der Waals surface area contributed by atoms with Gasteiger partial charge in [-0.15, -0.1) is 0 Å². The Labute approximate surface area is 517 Å². The normalized spacial score (nSPS) is 11.1. The Bertz CT molecular complexity index is 5400. The van der Waals surface area contributed by atoms with Gasteiger partial charge in [-0.3, -0.25) is 0 Å². The summed E-state index contributed by atoms with van der Waals surface area (Å²) in [4.78, 5) is 15.7. The van der Waals surface area contributed by atoms with Gasteiger partial charge < -0.3 is 9.13 Å². The second kappa shape index (κ2) is 22.3. The van der Waals surface area contributed by atoms with Crippen molar-refractivity contribution in [3.8, 4) is 132 Å².